The maximum Gasteiger partial charge on any atom is 0.261 e. The molecule has 0 aliphatic carbocycles. The van der Waals surface area contributed by atoms with Crippen LogP contribution in [0.1, 0.15) is 97.9 Å². The lowest BCUT2D eigenvalue weighted by Crippen LogP contribution is -2.46. The molecule has 5 aromatic rings. The molecule has 2 atom stereocenters. The first-order valence-electron chi connectivity index (χ1n) is 23.9. The Morgan fingerprint density at radius 1 is 0.743 bits per heavy atom. The number of nitrogens with one attached hydrogen (secondary N) is 1. The second-order valence-electron chi connectivity index (χ2n) is 20.8. The lowest BCUT2D eigenvalue weighted by atomic mass is 9.87. The predicted octanol–water partition coefficient (Wildman–Crippen LogP) is 10.4. The van der Waals surface area contributed by atoms with Gasteiger partial charge < -0.3 is 38.8 Å². The number of methoxy groups -OCH3 is 2. The van der Waals surface area contributed by atoms with Crippen LogP contribution in [0, 0.1) is 5.41 Å². The third-order valence-electron chi connectivity index (χ3n) is 13.3. The van der Waals surface area contributed by atoms with Crippen LogP contribution >= 0.6 is 12.6 Å². The van der Waals surface area contributed by atoms with Gasteiger partial charge in [0.1, 0.15) is 13.2 Å². The summed E-state index contributed by atoms with van der Waals surface area (Å²) >= 11 is 4.93. The average Bonchev–Trinajstić information content (AvgIpc) is 3.81. The van der Waals surface area contributed by atoms with E-state index < -0.39 is 10.2 Å². The highest BCUT2D eigenvalue weighted by atomic mass is 32.1. The minimum atomic E-state index is -0.797. The highest BCUT2D eigenvalue weighted by Crippen LogP contribution is 2.43. The molecule has 0 saturated carbocycles. The van der Waals surface area contributed by atoms with Gasteiger partial charge in [-0.05, 0) is 112 Å². The van der Waals surface area contributed by atoms with Gasteiger partial charge in [-0.1, -0.05) is 50.2 Å². The smallest absolute Gasteiger partial charge is 0.261 e. The fourth-order valence-electron chi connectivity index (χ4n) is 9.74. The molecule has 3 amide bonds. The monoisotopic (exact) mass is 965 g/mol. The zero-order valence-electron chi connectivity index (χ0n) is 41.6. The van der Waals surface area contributed by atoms with E-state index in [4.69, 9.17) is 41.3 Å². The van der Waals surface area contributed by atoms with Crippen LogP contribution < -0.4 is 39.0 Å². The van der Waals surface area contributed by atoms with Crippen molar-refractivity contribution in [3.63, 3.8) is 0 Å². The molecule has 13 nitrogen and oxygen atoms in total. The van der Waals surface area contributed by atoms with Crippen molar-refractivity contribution in [3.05, 3.63) is 124 Å². The summed E-state index contributed by atoms with van der Waals surface area (Å²) in [7, 11) is 3.11. The van der Waals surface area contributed by atoms with E-state index in [-0.39, 0.29) is 48.6 Å². The van der Waals surface area contributed by atoms with E-state index in [1.54, 1.807) is 42.2 Å². The Morgan fingerprint density at radius 3 is 1.96 bits per heavy atom. The number of rotatable bonds is 15. The van der Waals surface area contributed by atoms with Gasteiger partial charge in [-0.2, -0.15) is 12.6 Å². The highest BCUT2D eigenvalue weighted by molar-refractivity contribution is 7.81. The molecule has 4 heterocycles. The van der Waals surface area contributed by atoms with Gasteiger partial charge in [0.25, 0.3) is 11.8 Å². The zero-order valence-corrected chi connectivity index (χ0v) is 42.4. The number of anilines is 4. The summed E-state index contributed by atoms with van der Waals surface area (Å²) in [5.74, 6) is 1.31. The number of benzene rings is 5. The third kappa shape index (κ3) is 9.93. The first-order chi connectivity index (χ1) is 33.3. The summed E-state index contributed by atoms with van der Waals surface area (Å²) in [4.78, 5) is 53.5. The Balaban J connectivity index is 1.04. The number of amides is 3. The number of para-hydroxylation sites is 2. The van der Waals surface area contributed by atoms with Crippen molar-refractivity contribution < 1.29 is 38.1 Å². The minimum absolute atomic E-state index is 0.0308. The Hall–Kier alpha value is -6.51. The molecule has 366 valence electrons. The molecule has 0 aromatic heterocycles. The van der Waals surface area contributed by atoms with Crippen LogP contribution in [-0.4, -0.2) is 80.3 Å². The van der Waals surface area contributed by atoms with Crippen LogP contribution in [-0.2, 0) is 35.6 Å². The molecule has 5 aromatic carbocycles. The topological polar surface area (TPSA) is 131 Å². The number of carbonyl (C=O) groups is 3. The molecule has 1 N–H and O–H groups in total. The summed E-state index contributed by atoms with van der Waals surface area (Å²) < 4.78 is 30.4. The van der Waals surface area contributed by atoms with Gasteiger partial charge in [-0.3, -0.25) is 24.3 Å². The number of aliphatic imine (C=N–C) groups is 1. The lowest BCUT2D eigenvalue weighted by molar-refractivity contribution is -0.128. The number of thiol groups is 1. The SMILES string of the molecule is COc1cc2c(cc1OCc1cc(COc3cc4c(cc3OC)C(=O)N3c5ccccc5C[C@H]3CN4)cc(N(CC(C)(C)S)C(=O)C(C)(C)CCOC(C)(C)C)c1)N=C[C@@H]1Cc3ccccc3N1C2=O. The number of carbonyl (C=O) groups excluding carboxylic acids is 3. The van der Waals surface area contributed by atoms with Crippen LogP contribution in [0.2, 0.25) is 0 Å². The van der Waals surface area contributed by atoms with Gasteiger partial charge in [0.2, 0.25) is 5.91 Å². The van der Waals surface area contributed by atoms with Crippen molar-refractivity contribution >= 4 is 65.0 Å². The highest BCUT2D eigenvalue weighted by Gasteiger charge is 2.40. The fourth-order valence-corrected chi connectivity index (χ4v) is 9.88. The van der Waals surface area contributed by atoms with Gasteiger partial charge in [0.15, 0.2) is 23.0 Å². The van der Waals surface area contributed by atoms with E-state index in [2.05, 4.69) is 11.4 Å². The third-order valence-corrected chi connectivity index (χ3v) is 13.4. The van der Waals surface area contributed by atoms with Crippen LogP contribution in [0.15, 0.2) is 96.0 Å². The Bertz CT molecular complexity index is 2880. The van der Waals surface area contributed by atoms with Crippen LogP contribution in [0.4, 0.5) is 28.4 Å². The van der Waals surface area contributed by atoms with E-state index in [9.17, 15) is 14.4 Å². The summed E-state index contributed by atoms with van der Waals surface area (Å²) in [6.45, 7) is 15.3. The number of fused-ring (bicyclic) bond motifs is 8. The van der Waals surface area contributed by atoms with Crippen molar-refractivity contribution in [1.29, 1.82) is 0 Å². The van der Waals surface area contributed by atoms with E-state index in [0.29, 0.717) is 83.7 Å². The van der Waals surface area contributed by atoms with Gasteiger partial charge in [-0.25, -0.2) is 0 Å². The van der Waals surface area contributed by atoms with Crippen LogP contribution in [0.5, 0.6) is 23.0 Å². The van der Waals surface area contributed by atoms with Crippen molar-refractivity contribution in [2.45, 2.75) is 103 Å². The lowest BCUT2D eigenvalue weighted by Gasteiger charge is -2.36. The number of hydrogen-bond donors (Lipinski definition) is 2. The summed E-state index contributed by atoms with van der Waals surface area (Å²) in [6.07, 6.45) is 3.77. The van der Waals surface area contributed by atoms with Crippen LogP contribution in [0.3, 0.4) is 0 Å². The second kappa shape index (κ2) is 19.0. The van der Waals surface area contributed by atoms with E-state index in [1.807, 2.05) is 126 Å². The summed E-state index contributed by atoms with van der Waals surface area (Å²) in [5, 5.41) is 3.52. The zero-order chi connectivity index (χ0) is 49.7. The molecule has 0 saturated heterocycles. The minimum Gasteiger partial charge on any atom is -0.493 e. The van der Waals surface area contributed by atoms with Crippen LogP contribution in [0.25, 0.3) is 0 Å². The molecule has 70 heavy (non-hydrogen) atoms. The maximum absolute atomic E-state index is 14.9. The molecule has 14 heteroatoms. The maximum atomic E-state index is 14.9. The van der Waals surface area contributed by atoms with Crippen molar-refractivity contribution in [3.8, 4) is 23.0 Å². The first-order valence-corrected chi connectivity index (χ1v) is 24.4. The normalized spacial score (nSPS) is 17.0. The van der Waals surface area contributed by atoms with Crippen molar-refractivity contribution in [2.24, 2.45) is 10.4 Å². The standard InChI is InChI=1S/C56H63N5O8S/c1-54(2,3)69-19-18-55(4,5)53(64)59(33-56(6,7)70)38-21-34(31-67-49-27-43-41(25-47(49)65-8)51(62)60-39(29-57-43)23-36-14-10-12-16-45(36)60)20-35(22-38)32-68-50-28-44-42(26-48(50)66-9)52(63)61-40(30-58-44)24-37-15-11-13-17-46(37)61/h10-17,20-22,25-29,39-40,58,70H,18-19,23-24,30-33H2,1-9H3/t39-,40-/m0/s1. The number of ether oxygens (including phenoxy) is 5. The number of nitrogens with zero attached hydrogens (tertiary/aromatic N) is 4. The molecular weight excluding hydrogens is 903 g/mol. The molecular formula is C56H63N5O8S. The largest absolute Gasteiger partial charge is 0.493 e. The average molecular weight is 966 g/mol. The molecule has 4 aliphatic heterocycles. The Labute approximate surface area is 416 Å². The van der Waals surface area contributed by atoms with E-state index in [1.165, 1.54) is 0 Å². The van der Waals surface area contributed by atoms with Crippen molar-refractivity contribution in [2.75, 3.05) is 53.9 Å². The Morgan fingerprint density at radius 2 is 1.33 bits per heavy atom. The predicted molar refractivity (Wildman–Crippen MR) is 279 cm³/mol. The van der Waals surface area contributed by atoms with Gasteiger partial charge in [-0.15, -0.1) is 0 Å². The molecule has 0 bridgehead atoms. The first kappa shape index (κ1) is 48.5. The van der Waals surface area contributed by atoms with Gasteiger partial charge >= 0.3 is 0 Å². The molecule has 0 radical (unpaired) electrons. The van der Waals surface area contributed by atoms with E-state index in [0.717, 1.165) is 40.0 Å². The summed E-state index contributed by atoms with van der Waals surface area (Å²) in [6, 6.07) is 28.6. The quantitative estimate of drug-likeness (QED) is 0.0985. The van der Waals surface area contributed by atoms with Gasteiger partial charge in [0, 0.05) is 71.7 Å². The summed E-state index contributed by atoms with van der Waals surface area (Å²) in [5.41, 5.74) is 7.11. The molecule has 0 spiro atoms. The number of hydrogen-bond acceptors (Lipinski definition) is 11. The molecule has 0 unspecified atom stereocenters. The molecule has 4 aliphatic rings. The van der Waals surface area contributed by atoms with Crippen molar-refractivity contribution in [1.82, 2.24) is 0 Å². The van der Waals surface area contributed by atoms with Gasteiger partial charge in [0.05, 0.1) is 54.4 Å². The second-order valence-corrected chi connectivity index (χ2v) is 22.1. The molecule has 9 rings (SSSR count). The fraction of sp³-hybridized carbons (Fsp3) is 0.393. The molecule has 0 fully saturated rings. The Kier molecular flexibility index (Phi) is 13.2. The van der Waals surface area contributed by atoms with E-state index >= 15 is 0 Å².